The zero-order chi connectivity index (χ0) is 19.4. The molecule has 6 rings (SSSR count). The molecule has 3 aromatic rings. The summed E-state index contributed by atoms with van der Waals surface area (Å²) in [4.78, 5) is 18.4. The third-order valence-corrected chi connectivity index (χ3v) is 7.33. The molecule has 0 amide bonds. The van der Waals surface area contributed by atoms with Crippen molar-refractivity contribution in [3.8, 4) is 10.6 Å². The maximum Gasteiger partial charge on any atom is 0.130 e. The summed E-state index contributed by atoms with van der Waals surface area (Å²) in [7, 11) is 0. The molecular weight excluding hydrogens is 387 g/mol. The van der Waals surface area contributed by atoms with Crippen LogP contribution in [0, 0.1) is 0 Å². The molecule has 1 spiro atoms. The molecule has 0 bridgehead atoms. The molecule has 5 heterocycles. The molecule has 1 aliphatic carbocycles. The second-order valence-corrected chi connectivity index (χ2v) is 9.43. The largest absolute Gasteiger partial charge is 0.354 e. The predicted molar refractivity (Wildman–Crippen MR) is 115 cm³/mol. The number of hydrogen-bond acceptors (Lipinski definition) is 7. The predicted octanol–water partition coefficient (Wildman–Crippen LogP) is 3.24. The van der Waals surface area contributed by atoms with Crippen molar-refractivity contribution in [2.24, 2.45) is 0 Å². The average molecular weight is 411 g/mol. The standard InChI is InChI=1S/C21H23FN6S/c22-15-3-7-27(12-15)18-2-1-14(10-23-18)20-26-16-11-24-19(9-17(16)29-20)28-8-6-25-21(13-28)4-5-21/h1-2,9-11,15,25H,3-8,12-13H2/t15-/m1/s1. The number of thiazole rings is 1. The fourth-order valence-corrected chi connectivity index (χ4v) is 5.34. The number of hydrogen-bond donors (Lipinski definition) is 1. The number of pyridine rings is 2. The number of halogens is 1. The van der Waals surface area contributed by atoms with Crippen molar-refractivity contribution in [2.75, 3.05) is 42.5 Å². The first-order chi connectivity index (χ1) is 14.2. The summed E-state index contributed by atoms with van der Waals surface area (Å²) in [6.45, 7) is 4.23. The van der Waals surface area contributed by atoms with Gasteiger partial charge in [0.1, 0.15) is 28.3 Å². The molecule has 150 valence electrons. The molecule has 1 saturated carbocycles. The normalized spacial score (nSPS) is 23.3. The summed E-state index contributed by atoms with van der Waals surface area (Å²) in [5, 5.41) is 4.59. The van der Waals surface area contributed by atoms with Crippen LogP contribution < -0.4 is 15.1 Å². The maximum atomic E-state index is 13.4. The number of fused-ring (bicyclic) bond motifs is 1. The van der Waals surface area contributed by atoms with Gasteiger partial charge in [0.25, 0.3) is 0 Å². The zero-order valence-corrected chi connectivity index (χ0v) is 17.0. The Morgan fingerprint density at radius 3 is 2.76 bits per heavy atom. The Kier molecular flexibility index (Phi) is 3.99. The minimum atomic E-state index is -0.743. The van der Waals surface area contributed by atoms with Gasteiger partial charge in [-0.2, -0.15) is 0 Å². The molecule has 29 heavy (non-hydrogen) atoms. The monoisotopic (exact) mass is 410 g/mol. The molecule has 0 aromatic carbocycles. The SMILES string of the molecule is F[C@@H]1CCN(c2ccc(-c3nc4cnc(N5CCNC6(CC6)C5)cc4s3)cn2)C1. The lowest BCUT2D eigenvalue weighted by atomic mass is 10.2. The van der Waals surface area contributed by atoms with Gasteiger partial charge < -0.3 is 15.1 Å². The summed E-state index contributed by atoms with van der Waals surface area (Å²) < 4.78 is 14.6. The lowest BCUT2D eigenvalue weighted by molar-refractivity contribution is 0.364. The van der Waals surface area contributed by atoms with Crippen LogP contribution in [0.4, 0.5) is 16.0 Å². The molecule has 0 radical (unpaired) electrons. The van der Waals surface area contributed by atoms with Gasteiger partial charge in [-0.15, -0.1) is 11.3 Å². The Bertz CT molecular complexity index is 1050. The van der Waals surface area contributed by atoms with Crippen molar-refractivity contribution < 1.29 is 4.39 Å². The second-order valence-electron chi connectivity index (χ2n) is 8.39. The van der Waals surface area contributed by atoms with Crippen LogP contribution in [-0.4, -0.2) is 59.4 Å². The van der Waals surface area contributed by atoms with E-state index in [-0.39, 0.29) is 0 Å². The van der Waals surface area contributed by atoms with Gasteiger partial charge in [-0.05, 0) is 31.4 Å². The van der Waals surface area contributed by atoms with E-state index in [1.54, 1.807) is 11.3 Å². The molecule has 1 N–H and O–H groups in total. The average Bonchev–Trinajstić information content (AvgIpc) is 3.16. The summed E-state index contributed by atoms with van der Waals surface area (Å²) in [6.07, 6.45) is 6.11. The van der Waals surface area contributed by atoms with Gasteiger partial charge in [0.05, 0.1) is 17.4 Å². The Balaban J connectivity index is 1.25. The molecule has 2 aliphatic heterocycles. The number of rotatable bonds is 3. The highest BCUT2D eigenvalue weighted by Gasteiger charge is 2.45. The summed E-state index contributed by atoms with van der Waals surface area (Å²) in [5.74, 6) is 1.88. The summed E-state index contributed by atoms with van der Waals surface area (Å²) in [6, 6.07) is 6.18. The van der Waals surface area contributed by atoms with Gasteiger partial charge in [0.15, 0.2) is 0 Å². The number of aromatic nitrogens is 3. The fraction of sp³-hybridized carbons (Fsp3) is 0.476. The van der Waals surface area contributed by atoms with Crippen LogP contribution in [0.3, 0.4) is 0 Å². The van der Waals surface area contributed by atoms with Crippen LogP contribution in [0.2, 0.25) is 0 Å². The third-order valence-electron chi connectivity index (χ3n) is 6.26. The second kappa shape index (κ2) is 6.60. The Morgan fingerprint density at radius 1 is 1.10 bits per heavy atom. The van der Waals surface area contributed by atoms with E-state index in [2.05, 4.69) is 26.3 Å². The van der Waals surface area contributed by atoms with Crippen LogP contribution >= 0.6 is 11.3 Å². The van der Waals surface area contributed by atoms with Crippen LogP contribution in [0.5, 0.6) is 0 Å². The fourth-order valence-electron chi connectivity index (χ4n) is 4.38. The smallest absolute Gasteiger partial charge is 0.130 e. The molecule has 2 saturated heterocycles. The van der Waals surface area contributed by atoms with E-state index in [9.17, 15) is 4.39 Å². The number of piperazine rings is 1. The molecule has 6 nitrogen and oxygen atoms in total. The van der Waals surface area contributed by atoms with Gasteiger partial charge >= 0.3 is 0 Å². The van der Waals surface area contributed by atoms with E-state index in [0.29, 0.717) is 18.5 Å². The van der Waals surface area contributed by atoms with Crippen LogP contribution in [0.1, 0.15) is 19.3 Å². The molecule has 3 aromatic heterocycles. The van der Waals surface area contributed by atoms with Gasteiger partial charge in [-0.1, -0.05) is 0 Å². The van der Waals surface area contributed by atoms with Crippen molar-refractivity contribution in [3.05, 3.63) is 30.6 Å². The number of anilines is 2. The minimum Gasteiger partial charge on any atom is -0.354 e. The van der Waals surface area contributed by atoms with E-state index in [4.69, 9.17) is 4.98 Å². The number of nitrogens with one attached hydrogen (secondary N) is 1. The van der Waals surface area contributed by atoms with Gasteiger partial charge in [-0.3, -0.25) is 0 Å². The first-order valence-electron chi connectivity index (χ1n) is 10.3. The van der Waals surface area contributed by atoms with Crippen molar-refractivity contribution in [1.82, 2.24) is 20.3 Å². The van der Waals surface area contributed by atoms with E-state index in [1.807, 2.05) is 29.4 Å². The number of alkyl halides is 1. The zero-order valence-electron chi connectivity index (χ0n) is 16.1. The molecule has 3 aliphatic rings. The van der Waals surface area contributed by atoms with Crippen molar-refractivity contribution in [1.29, 1.82) is 0 Å². The summed E-state index contributed by atoms with van der Waals surface area (Å²) in [5.41, 5.74) is 2.25. The highest BCUT2D eigenvalue weighted by atomic mass is 32.1. The van der Waals surface area contributed by atoms with Crippen LogP contribution in [-0.2, 0) is 0 Å². The van der Waals surface area contributed by atoms with Gasteiger partial charge in [0, 0.05) is 49.5 Å². The lowest BCUT2D eigenvalue weighted by Crippen LogP contribution is -2.52. The van der Waals surface area contributed by atoms with Crippen molar-refractivity contribution in [2.45, 2.75) is 31.0 Å². The lowest BCUT2D eigenvalue weighted by Gasteiger charge is -2.34. The van der Waals surface area contributed by atoms with E-state index < -0.39 is 6.17 Å². The quantitative estimate of drug-likeness (QED) is 0.715. The first kappa shape index (κ1) is 17.5. The Hall–Kier alpha value is -2.32. The van der Waals surface area contributed by atoms with Gasteiger partial charge in [-0.25, -0.2) is 19.3 Å². The third kappa shape index (κ3) is 3.24. The molecule has 3 fully saturated rings. The maximum absolute atomic E-state index is 13.4. The van der Waals surface area contributed by atoms with E-state index in [1.165, 1.54) is 12.8 Å². The Labute approximate surface area is 172 Å². The van der Waals surface area contributed by atoms with E-state index >= 15 is 0 Å². The van der Waals surface area contributed by atoms with Gasteiger partial charge in [0.2, 0.25) is 0 Å². The minimum absolute atomic E-state index is 0.332. The van der Waals surface area contributed by atoms with Crippen molar-refractivity contribution >= 4 is 33.2 Å². The first-order valence-corrected chi connectivity index (χ1v) is 11.1. The Morgan fingerprint density at radius 2 is 2.00 bits per heavy atom. The number of nitrogens with zero attached hydrogens (tertiary/aromatic N) is 5. The topological polar surface area (TPSA) is 57.2 Å². The molecule has 0 unspecified atom stereocenters. The van der Waals surface area contributed by atoms with Crippen LogP contribution in [0.15, 0.2) is 30.6 Å². The molecule has 8 heteroatoms. The van der Waals surface area contributed by atoms with Crippen molar-refractivity contribution in [3.63, 3.8) is 0 Å². The van der Waals surface area contributed by atoms with E-state index in [0.717, 1.165) is 58.6 Å². The molecular formula is C21H23FN6S. The highest BCUT2D eigenvalue weighted by molar-refractivity contribution is 7.21. The summed E-state index contributed by atoms with van der Waals surface area (Å²) >= 11 is 1.68. The highest BCUT2D eigenvalue weighted by Crippen LogP contribution is 2.39. The molecule has 1 atom stereocenters. The van der Waals surface area contributed by atoms with Crippen LogP contribution in [0.25, 0.3) is 20.8 Å².